The number of carbonyl (C=O) groups is 3. The van der Waals surface area contributed by atoms with Gasteiger partial charge in [-0.15, -0.1) is 0 Å². The highest BCUT2D eigenvalue weighted by Gasteiger charge is 2.19. The van der Waals surface area contributed by atoms with E-state index < -0.39 is 41.7 Å². The minimum absolute atomic E-state index is 0.191. The van der Waals surface area contributed by atoms with E-state index in [-0.39, 0.29) is 11.3 Å². The molecule has 2 amide bonds. The average Bonchev–Trinajstić information content (AvgIpc) is 2.62. The highest BCUT2D eigenvalue weighted by molar-refractivity contribution is 6.02. The van der Waals surface area contributed by atoms with E-state index in [0.717, 1.165) is 17.0 Å². The van der Waals surface area contributed by atoms with Crippen molar-refractivity contribution in [3.63, 3.8) is 0 Å². The van der Waals surface area contributed by atoms with Crippen LogP contribution in [0.3, 0.4) is 0 Å². The Kier molecular flexibility index (Phi) is 6.00. The summed E-state index contributed by atoms with van der Waals surface area (Å²) in [6.07, 6.45) is 0. The van der Waals surface area contributed by atoms with Crippen LogP contribution in [-0.2, 0) is 14.3 Å². The normalized spacial score (nSPS) is 10.2. The van der Waals surface area contributed by atoms with Crippen LogP contribution in [0.4, 0.5) is 20.2 Å². The van der Waals surface area contributed by atoms with Gasteiger partial charge in [0.05, 0.1) is 12.7 Å². The summed E-state index contributed by atoms with van der Waals surface area (Å²) >= 11 is 0. The number of benzene rings is 2. The van der Waals surface area contributed by atoms with Crippen LogP contribution in [0.5, 0.6) is 0 Å². The molecule has 0 heterocycles. The first-order chi connectivity index (χ1) is 12.3. The summed E-state index contributed by atoms with van der Waals surface area (Å²) in [5.41, 5.74) is -0.134. The Hall–Kier alpha value is -3.29. The van der Waals surface area contributed by atoms with Crippen LogP contribution in [0.2, 0.25) is 0 Å². The number of amides is 2. The van der Waals surface area contributed by atoms with Gasteiger partial charge in [0.2, 0.25) is 11.8 Å². The molecule has 2 aromatic rings. The minimum Gasteiger partial charge on any atom is -0.465 e. The van der Waals surface area contributed by atoms with Gasteiger partial charge in [-0.3, -0.25) is 9.59 Å². The molecule has 0 saturated heterocycles. The minimum atomic E-state index is -0.930. The van der Waals surface area contributed by atoms with E-state index in [2.05, 4.69) is 10.1 Å². The van der Waals surface area contributed by atoms with Gasteiger partial charge >= 0.3 is 5.97 Å². The van der Waals surface area contributed by atoms with Crippen molar-refractivity contribution in [2.24, 2.45) is 0 Å². The zero-order valence-electron chi connectivity index (χ0n) is 14.1. The molecule has 0 radical (unpaired) electrons. The summed E-state index contributed by atoms with van der Waals surface area (Å²) < 4.78 is 31.9. The van der Waals surface area contributed by atoms with Crippen LogP contribution in [-0.4, -0.2) is 31.4 Å². The number of hydrogen-bond donors (Lipinski definition) is 1. The number of rotatable bonds is 5. The number of halogens is 2. The van der Waals surface area contributed by atoms with Crippen molar-refractivity contribution >= 4 is 29.2 Å². The van der Waals surface area contributed by atoms with Crippen molar-refractivity contribution < 1.29 is 27.9 Å². The fourth-order valence-corrected chi connectivity index (χ4v) is 2.24. The van der Waals surface area contributed by atoms with E-state index in [1.807, 2.05) is 0 Å². The highest BCUT2D eigenvalue weighted by Crippen LogP contribution is 2.20. The zero-order valence-corrected chi connectivity index (χ0v) is 14.1. The Balaban J connectivity index is 2.22. The number of ether oxygens (including phenoxy) is 1. The van der Waals surface area contributed by atoms with Crippen molar-refractivity contribution in [3.8, 4) is 0 Å². The van der Waals surface area contributed by atoms with Gasteiger partial charge < -0.3 is 15.0 Å². The van der Waals surface area contributed by atoms with Gasteiger partial charge in [0.15, 0.2) is 0 Å². The molecular weight excluding hydrogens is 346 g/mol. The van der Waals surface area contributed by atoms with Crippen molar-refractivity contribution in [3.05, 3.63) is 59.7 Å². The summed E-state index contributed by atoms with van der Waals surface area (Å²) in [7, 11) is 1.22. The Labute approximate surface area is 148 Å². The maximum Gasteiger partial charge on any atom is 0.337 e. The maximum absolute atomic E-state index is 13.6. The monoisotopic (exact) mass is 362 g/mol. The van der Waals surface area contributed by atoms with Crippen molar-refractivity contribution in [1.82, 2.24) is 0 Å². The van der Waals surface area contributed by atoms with E-state index in [9.17, 15) is 23.2 Å². The first-order valence-electron chi connectivity index (χ1n) is 7.54. The van der Waals surface area contributed by atoms with Crippen LogP contribution in [0, 0.1) is 11.6 Å². The van der Waals surface area contributed by atoms with Gasteiger partial charge in [0.25, 0.3) is 0 Å². The second-order valence-corrected chi connectivity index (χ2v) is 5.29. The van der Waals surface area contributed by atoms with Crippen LogP contribution < -0.4 is 10.2 Å². The summed E-state index contributed by atoms with van der Waals surface area (Å²) in [4.78, 5) is 36.7. The molecular formula is C18H16F2N2O4. The molecule has 0 fully saturated rings. The Bertz CT molecular complexity index is 835. The molecule has 0 aliphatic rings. The number of esters is 1. The van der Waals surface area contributed by atoms with Crippen LogP contribution >= 0.6 is 0 Å². The molecule has 0 atom stereocenters. The quantitative estimate of drug-likeness (QED) is 0.830. The fourth-order valence-electron chi connectivity index (χ4n) is 2.24. The molecule has 26 heavy (non-hydrogen) atoms. The van der Waals surface area contributed by atoms with Crippen molar-refractivity contribution in [2.75, 3.05) is 23.9 Å². The summed E-state index contributed by atoms with van der Waals surface area (Å²) in [5.74, 6) is -3.75. The third-order valence-electron chi connectivity index (χ3n) is 3.49. The predicted molar refractivity (Wildman–Crippen MR) is 90.8 cm³/mol. The van der Waals surface area contributed by atoms with E-state index in [1.54, 1.807) is 0 Å². The SMILES string of the molecule is COC(=O)c1cccc(N(CC(=O)Nc2c(F)cccc2F)C(C)=O)c1. The maximum atomic E-state index is 13.6. The summed E-state index contributed by atoms with van der Waals surface area (Å²) in [6, 6.07) is 9.08. The van der Waals surface area contributed by atoms with E-state index in [4.69, 9.17) is 0 Å². The Morgan fingerprint density at radius 1 is 1.08 bits per heavy atom. The number of anilines is 2. The summed E-state index contributed by atoms with van der Waals surface area (Å²) in [5, 5.41) is 2.11. The molecule has 6 nitrogen and oxygen atoms in total. The van der Waals surface area contributed by atoms with Gasteiger partial charge in [0, 0.05) is 12.6 Å². The topological polar surface area (TPSA) is 75.7 Å². The molecule has 2 rings (SSSR count). The Morgan fingerprint density at radius 3 is 2.27 bits per heavy atom. The average molecular weight is 362 g/mol. The third-order valence-corrected chi connectivity index (χ3v) is 3.49. The fraction of sp³-hybridized carbons (Fsp3) is 0.167. The first-order valence-corrected chi connectivity index (χ1v) is 7.54. The van der Waals surface area contributed by atoms with Crippen LogP contribution in [0.1, 0.15) is 17.3 Å². The zero-order chi connectivity index (χ0) is 19.3. The number of methoxy groups -OCH3 is 1. The molecule has 2 aromatic carbocycles. The number of hydrogen-bond acceptors (Lipinski definition) is 4. The van der Waals surface area contributed by atoms with E-state index in [0.29, 0.717) is 0 Å². The largest absolute Gasteiger partial charge is 0.465 e. The second-order valence-electron chi connectivity index (χ2n) is 5.29. The molecule has 0 saturated carbocycles. The predicted octanol–water partition coefficient (Wildman–Crippen LogP) is 2.74. The lowest BCUT2D eigenvalue weighted by atomic mass is 10.2. The van der Waals surface area contributed by atoms with Crippen molar-refractivity contribution in [2.45, 2.75) is 6.92 Å². The molecule has 8 heteroatoms. The van der Waals surface area contributed by atoms with Gasteiger partial charge in [-0.2, -0.15) is 0 Å². The molecule has 0 aliphatic carbocycles. The van der Waals surface area contributed by atoms with Gasteiger partial charge in [-0.05, 0) is 30.3 Å². The van der Waals surface area contributed by atoms with Crippen molar-refractivity contribution in [1.29, 1.82) is 0 Å². The lowest BCUT2D eigenvalue weighted by Gasteiger charge is -2.21. The third kappa shape index (κ3) is 4.41. The second kappa shape index (κ2) is 8.19. The lowest BCUT2D eigenvalue weighted by Crippen LogP contribution is -2.37. The van der Waals surface area contributed by atoms with Gasteiger partial charge in [0.1, 0.15) is 23.9 Å². The lowest BCUT2D eigenvalue weighted by molar-refractivity contribution is -0.120. The molecule has 0 bridgehead atoms. The van der Waals surface area contributed by atoms with Crippen LogP contribution in [0.25, 0.3) is 0 Å². The molecule has 0 aliphatic heterocycles. The molecule has 0 spiro atoms. The number of para-hydroxylation sites is 1. The standard InChI is InChI=1S/C18H16F2N2O4/c1-11(23)22(13-6-3-5-12(9-13)18(25)26-2)10-16(24)21-17-14(19)7-4-8-15(17)20/h3-9H,10H2,1-2H3,(H,21,24). The van der Waals surface area contributed by atoms with Crippen LogP contribution in [0.15, 0.2) is 42.5 Å². The highest BCUT2D eigenvalue weighted by atomic mass is 19.1. The smallest absolute Gasteiger partial charge is 0.337 e. The Morgan fingerprint density at radius 2 is 1.69 bits per heavy atom. The first kappa shape index (κ1) is 19.0. The summed E-state index contributed by atoms with van der Waals surface area (Å²) in [6.45, 7) is 0.732. The van der Waals surface area contributed by atoms with E-state index >= 15 is 0 Å². The van der Waals surface area contributed by atoms with Gasteiger partial charge in [-0.1, -0.05) is 12.1 Å². The molecule has 1 N–H and O–H groups in total. The molecule has 0 unspecified atom stereocenters. The molecule has 0 aromatic heterocycles. The molecule has 136 valence electrons. The number of carbonyl (C=O) groups excluding carboxylic acids is 3. The number of nitrogens with one attached hydrogen (secondary N) is 1. The van der Waals surface area contributed by atoms with Gasteiger partial charge in [-0.25, -0.2) is 13.6 Å². The van der Waals surface area contributed by atoms with E-state index in [1.165, 1.54) is 44.4 Å². The number of nitrogens with zero attached hydrogens (tertiary/aromatic N) is 1.